The van der Waals surface area contributed by atoms with Gasteiger partial charge in [0.2, 0.25) is 0 Å². The second kappa shape index (κ2) is 5.82. The summed E-state index contributed by atoms with van der Waals surface area (Å²) in [4.78, 5) is 0. The van der Waals surface area contributed by atoms with E-state index in [1.807, 2.05) is 0 Å². The lowest BCUT2D eigenvalue weighted by Crippen LogP contribution is -2.59. The van der Waals surface area contributed by atoms with Crippen LogP contribution < -0.4 is 5.32 Å². The van der Waals surface area contributed by atoms with Gasteiger partial charge in [0.05, 0.1) is 5.67 Å². The third-order valence-corrected chi connectivity index (χ3v) is 7.09. The van der Waals surface area contributed by atoms with Crippen LogP contribution in [0.2, 0.25) is 0 Å². The Labute approximate surface area is 107 Å². The SMILES string of the molecule is CO[SiH](OC)C1NCC(C)C2CCC(C)CC21. The van der Waals surface area contributed by atoms with E-state index in [0.29, 0.717) is 5.67 Å². The highest BCUT2D eigenvalue weighted by atomic mass is 28.3. The fourth-order valence-corrected chi connectivity index (χ4v) is 5.83. The summed E-state index contributed by atoms with van der Waals surface area (Å²) in [5, 5.41) is 3.70. The van der Waals surface area contributed by atoms with Crippen molar-refractivity contribution in [2.75, 3.05) is 20.8 Å². The summed E-state index contributed by atoms with van der Waals surface area (Å²) in [7, 11) is 2.08. The van der Waals surface area contributed by atoms with Crippen molar-refractivity contribution in [2.45, 2.75) is 38.8 Å². The molecule has 5 atom stereocenters. The summed E-state index contributed by atoms with van der Waals surface area (Å²) in [6, 6.07) is 0. The Balaban J connectivity index is 2.11. The van der Waals surface area contributed by atoms with E-state index in [1.54, 1.807) is 14.2 Å². The molecule has 2 rings (SSSR count). The minimum Gasteiger partial charge on any atom is -0.399 e. The number of nitrogens with one attached hydrogen (secondary N) is 1. The van der Waals surface area contributed by atoms with Crippen LogP contribution in [0.15, 0.2) is 0 Å². The molecule has 2 fully saturated rings. The standard InChI is InChI=1S/C13H27NO2Si/c1-9-5-6-11-10(2)8-14-13(12(11)7-9)17(15-3)16-4/h9-14,17H,5-8H2,1-4H3. The highest BCUT2D eigenvalue weighted by Gasteiger charge is 2.44. The van der Waals surface area contributed by atoms with E-state index in [9.17, 15) is 0 Å². The van der Waals surface area contributed by atoms with Gasteiger partial charge in [-0.1, -0.05) is 20.3 Å². The topological polar surface area (TPSA) is 30.5 Å². The van der Waals surface area contributed by atoms with Gasteiger partial charge in [0.1, 0.15) is 0 Å². The van der Waals surface area contributed by atoms with Gasteiger partial charge in [-0.3, -0.25) is 0 Å². The second-order valence-electron chi connectivity index (χ2n) is 6.00. The van der Waals surface area contributed by atoms with Crippen molar-refractivity contribution in [3.63, 3.8) is 0 Å². The van der Waals surface area contributed by atoms with Gasteiger partial charge in [-0.2, -0.15) is 0 Å². The van der Waals surface area contributed by atoms with Gasteiger partial charge >= 0.3 is 9.28 Å². The van der Waals surface area contributed by atoms with E-state index in [1.165, 1.54) is 19.3 Å². The summed E-state index contributed by atoms with van der Waals surface area (Å²) in [6.45, 7) is 5.92. The van der Waals surface area contributed by atoms with Gasteiger partial charge in [0.25, 0.3) is 0 Å². The third-order valence-electron chi connectivity index (χ3n) is 4.84. The lowest BCUT2D eigenvalue weighted by molar-refractivity contribution is 0.0725. The molecule has 1 aliphatic carbocycles. The lowest BCUT2D eigenvalue weighted by atomic mass is 9.68. The summed E-state index contributed by atoms with van der Waals surface area (Å²) in [5.74, 6) is 3.35. The number of fused-ring (bicyclic) bond motifs is 1. The highest BCUT2D eigenvalue weighted by Crippen LogP contribution is 2.42. The van der Waals surface area contributed by atoms with Gasteiger partial charge in [-0.15, -0.1) is 0 Å². The Morgan fingerprint density at radius 2 is 1.76 bits per heavy atom. The van der Waals surface area contributed by atoms with E-state index in [0.717, 1.165) is 30.2 Å². The van der Waals surface area contributed by atoms with Gasteiger partial charge in [0.15, 0.2) is 0 Å². The maximum Gasteiger partial charge on any atom is 0.338 e. The van der Waals surface area contributed by atoms with Crippen molar-refractivity contribution in [1.29, 1.82) is 0 Å². The van der Waals surface area contributed by atoms with E-state index in [-0.39, 0.29) is 0 Å². The molecule has 0 radical (unpaired) electrons. The van der Waals surface area contributed by atoms with Crippen molar-refractivity contribution in [1.82, 2.24) is 5.32 Å². The van der Waals surface area contributed by atoms with E-state index >= 15 is 0 Å². The molecule has 1 aliphatic heterocycles. The van der Waals surface area contributed by atoms with Gasteiger partial charge in [-0.25, -0.2) is 0 Å². The highest BCUT2D eigenvalue weighted by molar-refractivity contribution is 6.46. The van der Waals surface area contributed by atoms with E-state index in [2.05, 4.69) is 19.2 Å². The Morgan fingerprint density at radius 3 is 2.41 bits per heavy atom. The van der Waals surface area contributed by atoms with E-state index in [4.69, 9.17) is 8.85 Å². The predicted octanol–water partition coefficient (Wildman–Crippen LogP) is 1.70. The van der Waals surface area contributed by atoms with Crippen LogP contribution in [0.1, 0.15) is 33.1 Å². The smallest absolute Gasteiger partial charge is 0.338 e. The van der Waals surface area contributed by atoms with Crippen molar-refractivity contribution < 1.29 is 8.85 Å². The average Bonchev–Trinajstić information content (AvgIpc) is 2.33. The normalized spacial score (nSPS) is 42.5. The lowest BCUT2D eigenvalue weighted by Gasteiger charge is -2.48. The Bertz CT molecular complexity index is 248. The Morgan fingerprint density at radius 1 is 1.06 bits per heavy atom. The molecule has 0 amide bonds. The van der Waals surface area contributed by atoms with Crippen LogP contribution >= 0.6 is 0 Å². The zero-order valence-corrected chi connectivity index (χ0v) is 12.8. The van der Waals surface area contributed by atoms with Crippen molar-refractivity contribution >= 4 is 9.28 Å². The fourth-order valence-electron chi connectivity index (χ4n) is 3.88. The molecule has 3 nitrogen and oxygen atoms in total. The fraction of sp³-hybridized carbons (Fsp3) is 1.00. The van der Waals surface area contributed by atoms with Gasteiger partial charge < -0.3 is 14.2 Å². The average molecular weight is 257 g/mol. The predicted molar refractivity (Wildman–Crippen MR) is 72.1 cm³/mol. The first kappa shape index (κ1) is 13.5. The molecule has 0 aromatic rings. The van der Waals surface area contributed by atoms with Crippen molar-refractivity contribution in [3.8, 4) is 0 Å². The molecular weight excluding hydrogens is 230 g/mol. The van der Waals surface area contributed by atoms with Crippen molar-refractivity contribution in [2.24, 2.45) is 23.7 Å². The number of piperidine rings is 1. The first-order chi connectivity index (χ1) is 8.17. The molecule has 17 heavy (non-hydrogen) atoms. The molecule has 5 unspecified atom stereocenters. The van der Waals surface area contributed by atoms with Gasteiger partial charge in [-0.05, 0) is 43.1 Å². The zero-order chi connectivity index (χ0) is 12.4. The molecule has 1 saturated carbocycles. The summed E-state index contributed by atoms with van der Waals surface area (Å²) < 4.78 is 11.2. The van der Waals surface area contributed by atoms with Crippen LogP contribution in [0.4, 0.5) is 0 Å². The molecule has 1 N–H and O–H groups in total. The maximum absolute atomic E-state index is 5.61. The van der Waals surface area contributed by atoms with Crippen molar-refractivity contribution in [3.05, 3.63) is 0 Å². The second-order valence-corrected chi connectivity index (χ2v) is 8.39. The molecule has 100 valence electrons. The van der Waals surface area contributed by atoms with Crippen LogP contribution in [0.25, 0.3) is 0 Å². The minimum atomic E-state index is -1.53. The maximum atomic E-state index is 5.61. The zero-order valence-electron chi connectivity index (χ0n) is 11.6. The van der Waals surface area contributed by atoms with Crippen LogP contribution in [-0.4, -0.2) is 35.7 Å². The molecule has 0 spiro atoms. The summed E-state index contributed by atoms with van der Waals surface area (Å²) in [5.41, 5.74) is 0.508. The minimum absolute atomic E-state index is 0.508. The van der Waals surface area contributed by atoms with Crippen LogP contribution in [0, 0.1) is 23.7 Å². The molecular formula is C13H27NO2Si. The third kappa shape index (κ3) is 2.75. The van der Waals surface area contributed by atoms with Crippen LogP contribution in [-0.2, 0) is 8.85 Å². The number of rotatable bonds is 3. The summed E-state index contributed by atoms with van der Waals surface area (Å²) in [6.07, 6.45) is 4.16. The molecule has 0 aromatic heterocycles. The molecule has 0 bridgehead atoms. The van der Waals surface area contributed by atoms with E-state index < -0.39 is 9.28 Å². The van der Waals surface area contributed by atoms with Gasteiger partial charge in [0, 0.05) is 14.2 Å². The summed E-state index contributed by atoms with van der Waals surface area (Å²) >= 11 is 0. The quantitative estimate of drug-likeness (QED) is 0.781. The Hall–Kier alpha value is 0.0969. The molecule has 1 heterocycles. The van der Waals surface area contributed by atoms with Crippen LogP contribution in [0.3, 0.4) is 0 Å². The Kier molecular flexibility index (Phi) is 4.63. The first-order valence-electron chi connectivity index (χ1n) is 6.96. The first-order valence-corrected chi connectivity index (χ1v) is 8.57. The molecule has 4 heteroatoms. The molecule has 1 saturated heterocycles. The largest absolute Gasteiger partial charge is 0.399 e. The number of hydrogen-bond donors (Lipinski definition) is 1. The van der Waals surface area contributed by atoms with Crippen LogP contribution in [0.5, 0.6) is 0 Å². The molecule has 2 aliphatic rings. The monoisotopic (exact) mass is 257 g/mol. The number of hydrogen-bond acceptors (Lipinski definition) is 3. The molecule has 0 aromatic carbocycles.